The van der Waals surface area contributed by atoms with E-state index in [0.29, 0.717) is 29.2 Å². The number of ketones is 1. The summed E-state index contributed by atoms with van der Waals surface area (Å²) in [5.41, 5.74) is 1.02. The van der Waals surface area contributed by atoms with Crippen molar-refractivity contribution >= 4 is 39.2 Å². The van der Waals surface area contributed by atoms with Gasteiger partial charge in [0.05, 0.1) is 10.1 Å². The Kier molecular flexibility index (Phi) is 6.99. The lowest BCUT2D eigenvalue weighted by Gasteiger charge is -2.25. The third-order valence-electron chi connectivity index (χ3n) is 5.20. The summed E-state index contributed by atoms with van der Waals surface area (Å²) in [6.45, 7) is 2.82. The molecule has 1 atom stereocenters. The Morgan fingerprint density at radius 2 is 1.84 bits per heavy atom. The van der Waals surface area contributed by atoms with Gasteiger partial charge >= 0.3 is 0 Å². The van der Waals surface area contributed by atoms with Gasteiger partial charge in [0.2, 0.25) is 15.9 Å². The van der Waals surface area contributed by atoms with Crippen LogP contribution in [0.3, 0.4) is 0 Å². The molecule has 3 aromatic rings. The van der Waals surface area contributed by atoms with Crippen molar-refractivity contribution in [3.05, 3.63) is 59.1 Å². The maximum absolute atomic E-state index is 13.0. The van der Waals surface area contributed by atoms with E-state index in [1.54, 1.807) is 55.5 Å². The van der Waals surface area contributed by atoms with E-state index in [0.717, 1.165) is 31.0 Å². The summed E-state index contributed by atoms with van der Waals surface area (Å²) in [5.74, 6) is 0.0949. The lowest BCUT2D eigenvalue weighted by Crippen LogP contribution is -2.35. The van der Waals surface area contributed by atoms with Crippen molar-refractivity contribution in [2.75, 3.05) is 13.1 Å². The molecule has 0 amide bonds. The van der Waals surface area contributed by atoms with Crippen molar-refractivity contribution in [3.8, 4) is 11.5 Å². The fraction of sp³-hybridized carbons (Fsp3) is 0.318. The van der Waals surface area contributed by atoms with Crippen LogP contribution in [0.1, 0.15) is 36.5 Å². The molecule has 1 fully saturated rings. The van der Waals surface area contributed by atoms with E-state index < -0.39 is 15.3 Å². The molecule has 1 aliphatic rings. The monoisotopic (exact) mass is 491 g/mol. The normalized spacial score (nSPS) is 16.1. The van der Waals surface area contributed by atoms with Crippen molar-refractivity contribution in [2.24, 2.45) is 0 Å². The Morgan fingerprint density at radius 1 is 1.09 bits per heavy atom. The minimum atomic E-state index is -3.57. The first-order chi connectivity index (χ1) is 15.3. The number of Topliss-reactive ketones (excluding diaryl/α,β-unsaturated/α-hetero) is 1. The highest BCUT2D eigenvalue weighted by molar-refractivity contribution is 8.00. The van der Waals surface area contributed by atoms with Gasteiger partial charge in [0.1, 0.15) is 0 Å². The lowest BCUT2D eigenvalue weighted by atomic mass is 10.1. The van der Waals surface area contributed by atoms with E-state index in [4.69, 9.17) is 16.0 Å². The van der Waals surface area contributed by atoms with Gasteiger partial charge in [0.25, 0.3) is 5.22 Å². The van der Waals surface area contributed by atoms with Crippen LogP contribution in [0.2, 0.25) is 5.02 Å². The number of carbonyl (C=O) groups excluding carboxylic acids is 1. The van der Waals surface area contributed by atoms with Gasteiger partial charge in [-0.1, -0.05) is 48.0 Å². The Morgan fingerprint density at radius 3 is 2.59 bits per heavy atom. The van der Waals surface area contributed by atoms with Crippen molar-refractivity contribution in [2.45, 2.75) is 41.6 Å². The van der Waals surface area contributed by atoms with Crippen LogP contribution in [0.25, 0.3) is 11.5 Å². The molecule has 10 heteroatoms. The molecule has 0 N–H and O–H groups in total. The van der Waals surface area contributed by atoms with Crippen LogP contribution in [0.4, 0.5) is 0 Å². The second-order valence-corrected chi connectivity index (χ2v) is 11.2. The topological polar surface area (TPSA) is 93.4 Å². The number of nitrogens with zero attached hydrogens (tertiary/aromatic N) is 3. The van der Waals surface area contributed by atoms with Gasteiger partial charge < -0.3 is 4.42 Å². The van der Waals surface area contributed by atoms with Gasteiger partial charge in [0.15, 0.2) is 5.78 Å². The molecule has 32 heavy (non-hydrogen) atoms. The number of thioether (sulfide) groups is 1. The number of hydrogen-bond donors (Lipinski definition) is 0. The molecule has 0 bridgehead atoms. The van der Waals surface area contributed by atoms with Gasteiger partial charge in [-0.3, -0.25) is 4.79 Å². The van der Waals surface area contributed by atoms with Crippen LogP contribution < -0.4 is 0 Å². The zero-order valence-corrected chi connectivity index (χ0v) is 19.8. The molecule has 7 nitrogen and oxygen atoms in total. The van der Waals surface area contributed by atoms with Crippen LogP contribution in [0.15, 0.2) is 63.1 Å². The fourth-order valence-corrected chi connectivity index (χ4v) is 6.01. The van der Waals surface area contributed by atoms with Crippen LogP contribution in [-0.4, -0.2) is 47.0 Å². The highest BCUT2D eigenvalue weighted by atomic mass is 35.5. The zero-order valence-electron chi connectivity index (χ0n) is 17.4. The third kappa shape index (κ3) is 5.06. The Balaban J connectivity index is 1.50. The molecule has 1 unspecified atom stereocenters. The molecule has 0 radical (unpaired) electrons. The molecule has 1 aliphatic heterocycles. The number of piperidine rings is 1. The molecule has 2 aromatic carbocycles. The third-order valence-corrected chi connectivity index (χ3v) is 8.26. The molecule has 1 saturated heterocycles. The van der Waals surface area contributed by atoms with Crippen LogP contribution in [-0.2, 0) is 10.0 Å². The number of benzene rings is 2. The highest BCUT2D eigenvalue weighted by Crippen LogP contribution is 2.30. The summed E-state index contributed by atoms with van der Waals surface area (Å²) in [4.78, 5) is 12.8. The Bertz CT molecular complexity index is 1220. The van der Waals surface area contributed by atoms with Gasteiger partial charge in [-0.05, 0) is 50.1 Å². The van der Waals surface area contributed by atoms with Crippen molar-refractivity contribution in [1.29, 1.82) is 0 Å². The summed E-state index contributed by atoms with van der Waals surface area (Å²) in [6, 6.07) is 13.3. The van der Waals surface area contributed by atoms with E-state index >= 15 is 0 Å². The molecule has 0 spiro atoms. The largest absolute Gasteiger partial charge is 0.411 e. The lowest BCUT2D eigenvalue weighted by molar-refractivity contribution is 0.0993. The summed E-state index contributed by atoms with van der Waals surface area (Å²) < 4.78 is 33.2. The van der Waals surface area contributed by atoms with E-state index in [1.807, 2.05) is 0 Å². The van der Waals surface area contributed by atoms with Crippen LogP contribution in [0, 0.1) is 0 Å². The standard InChI is InChI=1S/C22H22ClN3O4S2/c1-15(20(27)16-7-5-9-18(23)13-16)31-22-25-24-21(30-22)17-8-6-10-19(14-17)32(28,29)26-11-3-2-4-12-26/h5-10,13-15H,2-4,11-12H2,1H3. The molecule has 168 valence electrons. The first-order valence-corrected chi connectivity index (χ1v) is 12.9. The molecular weight excluding hydrogens is 470 g/mol. The van der Waals surface area contributed by atoms with Crippen molar-refractivity contribution in [3.63, 3.8) is 0 Å². The minimum absolute atomic E-state index is 0.105. The molecule has 0 aliphatic carbocycles. The fourth-order valence-electron chi connectivity index (χ4n) is 3.50. The number of rotatable bonds is 7. The van der Waals surface area contributed by atoms with Crippen LogP contribution in [0.5, 0.6) is 0 Å². The summed E-state index contributed by atoms with van der Waals surface area (Å²) in [7, 11) is -3.57. The van der Waals surface area contributed by atoms with E-state index in [-0.39, 0.29) is 21.8 Å². The Hall–Kier alpha value is -2.20. The van der Waals surface area contributed by atoms with E-state index in [9.17, 15) is 13.2 Å². The highest BCUT2D eigenvalue weighted by Gasteiger charge is 2.27. The summed E-state index contributed by atoms with van der Waals surface area (Å²) in [6.07, 6.45) is 2.79. The Labute approximate surface area is 196 Å². The van der Waals surface area contributed by atoms with Gasteiger partial charge in [0, 0.05) is 29.2 Å². The zero-order chi connectivity index (χ0) is 22.7. The first-order valence-electron chi connectivity index (χ1n) is 10.2. The molecular formula is C22H22ClN3O4S2. The molecule has 1 aromatic heterocycles. The summed E-state index contributed by atoms with van der Waals surface area (Å²) in [5, 5.41) is 8.32. The maximum Gasteiger partial charge on any atom is 0.277 e. The maximum atomic E-state index is 13.0. The molecule has 4 rings (SSSR count). The number of carbonyl (C=O) groups is 1. The SMILES string of the molecule is CC(Sc1nnc(-c2cccc(S(=O)(=O)N3CCCCC3)c2)o1)C(=O)c1cccc(Cl)c1. The minimum Gasteiger partial charge on any atom is -0.411 e. The molecule has 2 heterocycles. The van der Waals surface area contributed by atoms with Crippen LogP contribution >= 0.6 is 23.4 Å². The van der Waals surface area contributed by atoms with Crippen molar-refractivity contribution in [1.82, 2.24) is 14.5 Å². The van der Waals surface area contributed by atoms with Gasteiger partial charge in [-0.25, -0.2) is 8.42 Å². The summed E-state index contributed by atoms with van der Waals surface area (Å²) >= 11 is 7.11. The van der Waals surface area contributed by atoms with E-state index in [1.165, 1.54) is 4.31 Å². The predicted molar refractivity (Wildman–Crippen MR) is 123 cm³/mol. The number of hydrogen-bond acceptors (Lipinski definition) is 7. The average molecular weight is 492 g/mol. The second kappa shape index (κ2) is 9.74. The van der Waals surface area contributed by atoms with Crippen molar-refractivity contribution < 1.29 is 17.6 Å². The molecule has 0 saturated carbocycles. The second-order valence-electron chi connectivity index (χ2n) is 7.50. The number of aromatic nitrogens is 2. The van der Waals surface area contributed by atoms with E-state index in [2.05, 4.69) is 10.2 Å². The number of sulfonamides is 1. The average Bonchev–Trinajstić information content (AvgIpc) is 3.27. The smallest absolute Gasteiger partial charge is 0.277 e. The quantitative estimate of drug-likeness (QED) is 0.341. The number of halogens is 1. The first kappa shape index (κ1) is 23.0. The van der Waals surface area contributed by atoms with Gasteiger partial charge in [-0.15, -0.1) is 10.2 Å². The predicted octanol–water partition coefficient (Wildman–Crippen LogP) is 4.93. The van der Waals surface area contributed by atoms with Gasteiger partial charge in [-0.2, -0.15) is 4.31 Å².